The molecule has 1 atom stereocenters. The van der Waals surface area contributed by atoms with Crippen LogP contribution < -0.4 is 0 Å². The molecule has 3 rings (SSSR count). The van der Waals surface area contributed by atoms with Crippen LogP contribution in [0.5, 0.6) is 0 Å². The Bertz CT molecular complexity index is 517. The number of hydrogen-bond acceptors (Lipinski definition) is 3. The average molecular weight is 291 g/mol. The number of carbonyl (C=O) groups excluding carboxylic acids is 1. The van der Waals surface area contributed by atoms with E-state index in [-0.39, 0.29) is 23.6 Å². The second-order valence-corrected chi connectivity index (χ2v) is 6.57. The molecule has 1 aromatic carbocycles. The van der Waals surface area contributed by atoms with Crippen LogP contribution in [0.25, 0.3) is 0 Å². The standard InChI is InChI=1S/C15H17NO3S/c17-14(18)7-8-16(11-5-6-11)15(19)13-9-10-3-1-2-4-12(10)20-13/h1-4,11,13H,5-9H2,(H,17,18). The summed E-state index contributed by atoms with van der Waals surface area (Å²) in [5, 5.41) is 8.73. The van der Waals surface area contributed by atoms with Crippen molar-refractivity contribution in [3.63, 3.8) is 0 Å². The third kappa shape index (κ3) is 2.82. The lowest BCUT2D eigenvalue weighted by atomic mass is 10.1. The Kier molecular flexibility index (Phi) is 3.70. The van der Waals surface area contributed by atoms with Crippen molar-refractivity contribution in [3.05, 3.63) is 29.8 Å². The lowest BCUT2D eigenvalue weighted by molar-refractivity contribution is -0.138. The zero-order valence-electron chi connectivity index (χ0n) is 11.1. The molecule has 5 heteroatoms. The molecule has 106 valence electrons. The third-order valence-corrected chi connectivity index (χ3v) is 5.06. The van der Waals surface area contributed by atoms with E-state index >= 15 is 0 Å². The summed E-state index contributed by atoms with van der Waals surface area (Å²) >= 11 is 1.61. The molecule has 0 spiro atoms. The van der Waals surface area contributed by atoms with Crippen LogP contribution in [0.3, 0.4) is 0 Å². The molecule has 1 unspecified atom stereocenters. The fraction of sp³-hybridized carbons (Fsp3) is 0.467. The van der Waals surface area contributed by atoms with E-state index in [9.17, 15) is 9.59 Å². The lowest BCUT2D eigenvalue weighted by Crippen LogP contribution is -2.40. The van der Waals surface area contributed by atoms with E-state index in [1.165, 1.54) is 10.5 Å². The smallest absolute Gasteiger partial charge is 0.305 e. The maximum atomic E-state index is 12.6. The van der Waals surface area contributed by atoms with E-state index in [1.54, 1.807) is 16.7 Å². The van der Waals surface area contributed by atoms with Gasteiger partial charge >= 0.3 is 5.97 Å². The molecule has 0 saturated heterocycles. The molecule has 0 radical (unpaired) electrons. The fourth-order valence-electron chi connectivity index (χ4n) is 2.58. The molecule has 1 aromatic rings. The zero-order valence-corrected chi connectivity index (χ0v) is 11.9. The molecule has 1 fully saturated rings. The molecule has 4 nitrogen and oxygen atoms in total. The summed E-state index contributed by atoms with van der Waals surface area (Å²) in [7, 11) is 0. The predicted molar refractivity (Wildman–Crippen MR) is 76.8 cm³/mol. The number of hydrogen-bond donors (Lipinski definition) is 1. The topological polar surface area (TPSA) is 57.6 Å². The van der Waals surface area contributed by atoms with Crippen molar-refractivity contribution < 1.29 is 14.7 Å². The van der Waals surface area contributed by atoms with E-state index in [0.29, 0.717) is 6.54 Å². The molecule has 1 heterocycles. The van der Waals surface area contributed by atoms with Gasteiger partial charge in [-0.25, -0.2) is 0 Å². The van der Waals surface area contributed by atoms with Crippen LogP contribution in [0.1, 0.15) is 24.8 Å². The highest BCUT2D eigenvalue weighted by Crippen LogP contribution is 2.39. The van der Waals surface area contributed by atoms with Gasteiger partial charge in [-0.1, -0.05) is 18.2 Å². The Hall–Kier alpha value is -1.49. The first kappa shape index (κ1) is 13.5. The Labute approximate surface area is 122 Å². The Morgan fingerprint density at radius 2 is 2.05 bits per heavy atom. The van der Waals surface area contributed by atoms with E-state index in [2.05, 4.69) is 6.07 Å². The molecule has 1 aliphatic heterocycles. The molecule has 1 aliphatic carbocycles. The summed E-state index contributed by atoms with van der Waals surface area (Å²) in [5.41, 5.74) is 1.23. The second kappa shape index (κ2) is 5.48. The van der Waals surface area contributed by atoms with Gasteiger partial charge in [0.1, 0.15) is 0 Å². The van der Waals surface area contributed by atoms with Crippen molar-refractivity contribution in [2.75, 3.05) is 6.54 Å². The number of carboxylic acid groups (broad SMARTS) is 1. The fourth-order valence-corrected chi connectivity index (χ4v) is 3.85. The highest BCUT2D eigenvalue weighted by atomic mass is 32.2. The predicted octanol–water partition coefficient (Wildman–Crippen LogP) is 2.17. The van der Waals surface area contributed by atoms with E-state index in [4.69, 9.17) is 5.11 Å². The van der Waals surface area contributed by atoms with Gasteiger partial charge in [-0.15, -0.1) is 11.8 Å². The van der Waals surface area contributed by atoms with Gasteiger partial charge in [0.2, 0.25) is 5.91 Å². The first-order valence-electron chi connectivity index (χ1n) is 6.92. The van der Waals surface area contributed by atoms with Crippen LogP contribution in [-0.4, -0.2) is 39.7 Å². The van der Waals surface area contributed by atoms with E-state index in [1.807, 2.05) is 18.2 Å². The maximum Gasteiger partial charge on any atom is 0.305 e. The van der Waals surface area contributed by atoms with Gasteiger partial charge in [-0.05, 0) is 30.9 Å². The minimum atomic E-state index is -0.842. The molecule has 0 bridgehead atoms. The first-order valence-corrected chi connectivity index (χ1v) is 7.80. The van der Waals surface area contributed by atoms with Crippen LogP contribution >= 0.6 is 11.8 Å². The molecule has 1 amide bonds. The number of carbonyl (C=O) groups is 2. The number of aliphatic carboxylic acids is 1. The van der Waals surface area contributed by atoms with Crippen molar-refractivity contribution in [1.29, 1.82) is 0 Å². The number of rotatable bonds is 5. The number of thioether (sulfide) groups is 1. The maximum absolute atomic E-state index is 12.6. The number of benzene rings is 1. The van der Waals surface area contributed by atoms with Crippen molar-refractivity contribution in [1.82, 2.24) is 4.90 Å². The van der Waals surface area contributed by atoms with E-state index < -0.39 is 5.97 Å². The number of carboxylic acids is 1. The molecule has 1 N–H and O–H groups in total. The summed E-state index contributed by atoms with van der Waals surface area (Å²) in [4.78, 5) is 26.3. The average Bonchev–Trinajstić information content (AvgIpc) is 3.16. The summed E-state index contributed by atoms with van der Waals surface area (Å²) in [5.74, 6) is -0.735. The van der Waals surface area contributed by atoms with Gasteiger partial charge in [-0.3, -0.25) is 9.59 Å². The van der Waals surface area contributed by atoms with E-state index in [0.717, 1.165) is 19.3 Å². The second-order valence-electron chi connectivity index (χ2n) is 5.32. The number of nitrogens with zero attached hydrogens (tertiary/aromatic N) is 1. The Morgan fingerprint density at radius 1 is 1.30 bits per heavy atom. The molecular weight excluding hydrogens is 274 g/mol. The lowest BCUT2D eigenvalue weighted by Gasteiger charge is -2.24. The first-order chi connectivity index (χ1) is 9.65. The van der Waals surface area contributed by atoms with Crippen LogP contribution in [0.2, 0.25) is 0 Å². The number of amides is 1. The Morgan fingerprint density at radius 3 is 2.70 bits per heavy atom. The summed E-state index contributed by atoms with van der Waals surface area (Å²) in [6.07, 6.45) is 2.81. The monoisotopic (exact) mass is 291 g/mol. The van der Waals surface area contributed by atoms with Gasteiger partial charge in [0, 0.05) is 17.5 Å². The molecule has 1 saturated carbocycles. The zero-order chi connectivity index (χ0) is 14.1. The molecule has 20 heavy (non-hydrogen) atoms. The van der Waals surface area contributed by atoms with Crippen molar-refractivity contribution in [2.45, 2.75) is 41.9 Å². The Balaban J connectivity index is 1.67. The van der Waals surface area contributed by atoms with Gasteiger partial charge < -0.3 is 10.0 Å². The minimum absolute atomic E-state index is 0.0343. The van der Waals surface area contributed by atoms with Crippen LogP contribution in [0.4, 0.5) is 0 Å². The molecule has 2 aliphatic rings. The van der Waals surface area contributed by atoms with Crippen molar-refractivity contribution >= 4 is 23.6 Å². The highest BCUT2D eigenvalue weighted by molar-refractivity contribution is 8.01. The summed E-state index contributed by atoms with van der Waals surface area (Å²) in [6.45, 7) is 0.340. The number of fused-ring (bicyclic) bond motifs is 1. The SMILES string of the molecule is O=C(O)CCN(C(=O)C1Cc2ccccc2S1)C1CC1. The van der Waals surface area contributed by atoms with Crippen LogP contribution in [0, 0.1) is 0 Å². The minimum Gasteiger partial charge on any atom is -0.481 e. The summed E-state index contributed by atoms with van der Waals surface area (Å²) in [6, 6.07) is 8.36. The quantitative estimate of drug-likeness (QED) is 0.903. The van der Waals surface area contributed by atoms with Gasteiger partial charge in [0.05, 0.1) is 11.7 Å². The third-order valence-electron chi connectivity index (χ3n) is 3.76. The van der Waals surface area contributed by atoms with Gasteiger partial charge in [0.25, 0.3) is 0 Å². The van der Waals surface area contributed by atoms with Crippen LogP contribution in [-0.2, 0) is 16.0 Å². The summed E-state index contributed by atoms with van der Waals surface area (Å²) < 4.78 is 0. The normalized spacial score (nSPS) is 20.5. The van der Waals surface area contributed by atoms with Crippen molar-refractivity contribution in [3.8, 4) is 0 Å². The highest BCUT2D eigenvalue weighted by Gasteiger charge is 2.38. The van der Waals surface area contributed by atoms with Gasteiger partial charge in [-0.2, -0.15) is 0 Å². The molecular formula is C15H17NO3S. The largest absolute Gasteiger partial charge is 0.481 e. The van der Waals surface area contributed by atoms with Gasteiger partial charge in [0.15, 0.2) is 0 Å². The molecule has 0 aromatic heterocycles. The van der Waals surface area contributed by atoms with Crippen molar-refractivity contribution in [2.24, 2.45) is 0 Å². The van der Waals surface area contributed by atoms with Crippen LogP contribution in [0.15, 0.2) is 29.2 Å².